The lowest BCUT2D eigenvalue weighted by molar-refractivity contribution is 0.414. The largest absolute Gasteiger partial charge is 0.497 e. The monoisotopic (exact) mass is 247 g/mol. The highest BCUT2D eigenvalue weighted by atomic mass is 35.5. The van der Waals surface area contributed by atoms with Gasteiger partial charge in [-0.2, -0.15) is 0 Å². The molecule has 2 rings (SSSR count). The first kappa shape index (κ1) is 11.8. The maximum atomic E-state index is 5.91. The number of anilines is 1. The fourth-order valence-electron chi connectivity index (χ4n) is 1.80. The predicted molar refractivity (Wildman–Crippen MR) is 72.6 cm³/mol. The van der Waals surface area contributed by atoms with Gasteiger partial charge in [-0.3, -0.25) is 0 Å². The van der Waals surface area contributed by atoms with Gasteiger partial charge < -0.3 is 10.5 Å². The molecule has 0 bridgehead atoms. The average molecular weight is 248 g/mol. The smallest absolute Gasteiger partial charge is 0.119 e. The molecular weight excluding hydrogens is 234 g/mol. The van der Waals surface area contributed by atoms with E-state index in [2.05, 4.69) is 0 Å². The summed E-state index contributed by atoms with van der Waals surface area (Å²) in [5, 5.41) is 0.583. The first-order valence-electron chi connectivity index (χ1n) is 5.32. The molecule has 0 unspecified atom stereocenters. The predicted octanol–water partition coefficient (Wildman–Crippen LogP) is 3.91. The molecule has 0 amide bonds. The van der Waals surface area contributed by atoms with Crippen LogP contribution >= 0.6 is 11.6 Å². The first-order chi connectivity index (χ1) is 8.11. The number of benzene rings is 2. The summed E-state index contributed by atoms with van der Waals surface area (Å²) in [6, 6.07) is 11.6. The number of halogens is 1. The maximum absolute atomic E-state index is 5.91. The van der Waals surface area contributed by atoms with Crippen LogP contribution in [0.3, 0.4) is 0 Å². The Balaban J connectivity index is 2.49. The Morgan fingerprint density at radius 1 is 1.12 bits per heavy atom. The first-order valence-corrected chi connectivity index (χ1v) is 5.69. The van der Waals surface area contributed by atoms with Crippen LogP contribution in [0.1, 0.15) is 5.56 Å². The zero-order valence-corrected chi connectivity index (χ0v) is 10.6. The van der Waals surface area contributed by atoms with Gasteiger partial charge in [-0.25, -0.2) is 0 Å². The summed E-state index contributed by atoms with van der Waals surface area (Å²) in [5.41, 5.74) is 9.74. The van der Waals surface area contributed by atoms with Gasteiger partial charge in [0.15, 0.2) is 0 Å². The molecule has 2 aromatic rings. The van der Waals surface area contributed by atoms with Crippen molar-refractivity contribution in [3.8, 4) is 16.9 Å². The van der Waals surface area contributed by atoms with Gasteiger partial charge in [0, 0.05) is 0 Å². The molecule has 0 aliphatic carbocycles. The second kappa shape index (κ2) is 4.68. The third-order valence-corrected chi connectivity index (χ3v) is 3.08. The van der Waals surface area contributed by atoms with Crippen LogP contribution < -0.4 is 10.5 Å². The molecule has 0 aromatic heterocycles. The van der Waals surface area contributed by atoms with E-state index in [0.29, 0.717) is 10.7 Å². The number of nitrogens with two attached hydrogens (primary N) is 1. The molecule has 17 heavy (non-hydrogen) atoms. The Bertz CT molecular complexity index is 552. The van der Waals surface area contributed by atoms with Gasteiger partial charge in [0.2, 0.25) is 0 Å². The van der Waals surface area contributed by atoms with E-state index in [0.717, 1.165) is 22.4 Å². The summed E-state index contributed by atoms with van der Waals surface area (Å²) >= 11 is 5.91. The lowest BCUT2D eigenvalue weighted by Crippen LogP contribution is -1.90. The summed E-state index contributed by atoms with van der Waals surface area (Å²) < 4.78 is 5.18. The Labute approximate surface area is 106 Å². The van der Waals surface area contributed by atoms with Gasteiger partial charge in [-0.15, -0.1) is 0 Å². The molecule has 0 saturated heterocycles. The molecule has 2 aromatic carbocycles. The molecule has 0 atom stereocenters. The second-order valence-corrected chi connectivity index (χ2v) is 4.32. The van der Waals surface area contributed by atoms with Crippen molar-refractivity contribution in [2.45, 2.75) is 6.92 Å². The number of aryl methyl sites for hydroxylation is 1. The summed E-state index contributed by atoms with van der Waals surface area (Å²) in [6.07, 6.45) is 0. The SMILES string of the molecule is COc1ccc(-c2ccc(Cl)c(N)c2)c(C)c1. The summed E-state index contributed by atoms with van der Waals surface area (Å²) in [7, 11) is 1.66. The van der Waals surface area contributed by atoms with Gasteiger partial charge in [-0.1, -0.05) is 23.7 Å². The quantitative estimate of drug-likeness (QED) is 0.817. The molecule has 2 nitrogen and oxygen atoms in total. The van der Waals surface area contributed by atoms with Crippen LogP contribution in [0.25, 0.3) is 11.1 Å². The van der Waals surface area contributed by atoms with Crippen LogP contribution in [-0.2, 0) is 0 Å². The summed E-state index contributed by atoms with van der Waals surface area (Å²) in [4.78, 5) is 0. The van der Waals surface area contributed by atoms with Crippen molar-refractivity contribution in [1.29, 1.82) is 0 Å². The van der Waals surface area contributed by atoms with E-state index in [4.69, 9.17) is 22.1 Å². The minimum atomic E-state index is 0.583. The zero-order chi connectivity index (χ0) is 12.4. The highest BCUT2D eigenvalue weighted by Gasteiger charge is 2.05. The van der Waals surface area contributed by atoms with Crippen molar-refractivity contribution in [3.63, 3.8) is 0 Å². The average Bonchev–Trinajstić information content (AvgIpc) is 2.32. The number of hydrogen-bond donors (Lipinski definition) is 1. The highest BCUT2D eigenvalue weighted by molar-refractivity contribution is 6.33. The van der Waals surface area contributed by atoms with E-state index in [1.165, 1.54) is 0 Å². The lowest BCUT2D eigenvalue weighted by Gasteiger charge is -2.09. The topological polar surface area (TPSA) is 35.2 Å². The highest BCUT2D eigenvalue weighted by Crippen LogP contribution is 2.30. The van der Waals surface area contributed by atoms with Crippen LogP contribution in [0.2, 0.25) is 5.02 Å². The van der Waals surface area contributed by atoms with Crippen molar-refractivity contribution in [2.24, 2.45) is 0 Å². The van der Waals surface area contributed by atoms with E-state index in [1.807, 2.05) is 43.3 Å². The van der Waals surface area contributed by atoms with Crippen molar-refractivity contribution in [2.75, 3.05) is 12.8 Å². The van der Waals surface area contributed by atoms with Crippen LogP contribution in [0.4, 0.5) is 5.69 Å². The molecule has 3 heteroatoms. The summed E-state index contributed by atoms with van der Waals surface area (Å²) in [6.45, 7) is 2.04. The Morgan fingerprint density at radius 3 is 2.47 bits per heavy atom. The third-order valence-electron chi connectivity index (χ3n) is 2.74. The molecule has 0 fully saturated rings. The van der Waals surface area contributed by atoms with E-state index in [-0.39, 0.29) is 0 Å². The number of nitrogen functional groups attached to an aromatic ring is 1. The minimum Gasteiger partial charge on any atom is -0.497 e. The maximum Gasteiger partial charge on any atom is 0.119 e. The van der Waals surface area contributed by atoms with Crippen molar-refractivity contribution < 1.29 is 4.74 Å². The van der Waals surface area contributed by atoms with Gasteiger partial charge in [-0.05, 0) is 47.9 Å². The Hall–Kier alpha value is -1.67. The van der Waals surface area contributed by atoms with E-state index in [1.54, 1.807) is 7.11 Å². The standard InChI is InChI=1S/C14H14ClNO/c1-9-7-11(17-2)4-5-12(9)10-3-6-13(15)14(16)8-10/h3-8H,16H2,1-2H3. The molecule has 0 aliphatic heterocycles. The van der Waals surface area contributed by atoms with Gasteiger partial charge in [0.05, 0.1) is 17.8 Å². The summed E-state index contributed by atoms with van der Waals surface area (Å²) in [5.74, 6) is 0.855. The molecule has 88 valence electrons. The number of hydrogen-bond acceptors (Lipinski definition) is 2. The fourth-order valence-corrected chi connectivity index (χ4v) is 1.92. The Kier molecular flexibility index (Phi) is 3.25. The molecular formula is C14H14ClNO. The minimum absolute atomic E-state index is 0.583. The van der Waals surface area contributed by atoms with Crippen LogP contribution in [-0.4, -0.2) is 7.11 Å². The number of ether oxygens (including phenoxy) is 1. The van der Waals surface area contributed by atoms with Crippen LogP contribution in [0.15, 0.2) is 36.4 Å². The molecule has 0 aliphatic rings. The Morgan fingerprint density at radius 2 is 1.88 bits per heavy atom. The van der Waals surface area contributed by atoms with Crippen LogP contribution in [0, 0.1) is 6.92 Å². The van der Waals surface area contributed by atoms with Crippen molar-refractivity contribution >= 4 is 17.3 Å². The van der Waals surface area contributed by atoms with Gasteiger partial charge in [0.1, 0.15) is 5.75 Å². The van der Waals surface area contributed by atoms with E-state index in [9.17, 15) is 0 Å². The number of methoxy groups -OCH3 is 1. The third kappa shape index (κ3) is 2.37. The van der Waals surface area contributed by atoms with Gasteiger partial charge in [0.25, 0.3) is 0 Å². The normalized spacial score (nSPS) is 10.3. The zero-order valence-electron chi connectivity index (χ0n) is 9.83. The fraction of sp³-hybridized carbons (Fsp3) is 0.143. The molecule has 0 saturated carbocycles. The lowest BCUT2D eigenvalue weighted by atomic mass is 10.00. The molecule has 0 radical (unpaired) electrons. The second-order valence-electron chi connectivity index (χ2n) is 3.92. The van der Waals surface area contributed by atoms with E-state index < -0.39 is 0 Å². The van der Waals surface area contributed by atoms with Crippen molar-refractivity contribution in [1.82, 2.24) is 0 Å². The van der Waals surface area contributed by atoms with Crippen molar-refractivity contribution in [3.05, 3.63) is 47.0 Å². The van der Waals surface area contributed by atoms with E-state index >= 15 is 0 Å². The number of rotatable bonds is 2. The molecule has 0 spiro atoms. The van der Waals surface area contributed by atoms with Crippen LogP contribution in [0.5, 0.6) is 5.75 Å². The van der Waals surface area contributed by atoms with Gasteiger partial charge >= 0.3 is 0 Å². The molecule has 2 N–H and O–H groups in total. The molecule has 0 heterocycles.